The van der Waals surface area contributed by atoms with Crippen molar-refractivity contribution < 1.29 is 4.79 Å². The molecule has 0 fully saturated rings. The average molecular weight is 256 g/mol. The third kappa shape index (κ3) is 5.12. The molecule has 2 N–H and O–H groups in total. The van der Waals surface area contributed by atoms with E-state index in [4.69, 9.17) is 0 Å². The zero-order chi connectivity index (χ0) is 12.7. The van der Waals surface area contributed by atoms with Crippen molar-refractivity contribution in [3.63, 3.8) is 0 Å². The van der Waals surface area contributed by atoms with Crippen molar-refractivity contribution in [1.29, 1.82) is 0 Å². The monoisotopic (exact) mass is 256 g/mol. The highest BCUT2D eigenvalue weighted by Crippen LogP contribution is 2.13. The Morgan fingerprint density at radius 3 is 2.71 bits per heavy atom. The van der Waals surface area contributed by atoms with Crippen LogP contribution in [0.4, 0.5) is 5.13 Å². The summed E-state index contributed by atoms with van der Waals surface area (Å²) in [6, 6.07) is 0. The molecular weight excluding hydrogens is 236 g/mol. The zero-order valence-electron chi connectivity index (χ0n) is 10.6. The second-order valence-electron chi connectivity index (χ2n) is 4.31. The Morgan fingerprint density at radius 2 is 2.12 bits per heavy atom. The van der Waals surface area contributed by atoms with Crippen molar-refractivity contribution in [3.05, 3.63) is 5.01 Å². The summed E-state index contributed by atoms with van der Waals surface area (Å²) in [5.74, 6) is 0.598. The van der Waals surface area contributed by atoms with E-state index in [1.165, 1.54) is 17.8 Å². The minimum Gasteiger partial charge on any atom is -0.363 e. The molecule has 17 heavy (non-hydrogen) atoms. The molecule has 1 aromatic rings. The fourth-order valence-corrected chi connectivity index (χ4v) is 1.98. The van der Waals surface area contributed by atoms with Gasteiger partial charge in [0.2, 0.25) is 10.1 Å². The lowest BCUT2D eigenvalue weighted by atomic mass is 10.1. The molecular formula is C11H20N4OS. The van der Waals surface area contributed by atoms with E-state index in [0.717, 1.165) is 18.8 Å². The van der Waals surface area contributed by atoms with Gasteiger partial charge in [-0.1, -0.05) is 38.0 Å². The van der Waals surface area contributed by atoms with Crippen molar-refractivity contribution in [2.24, 2.45) is 5.92 Å². The first kappa shape index (κ1) is 13.9. The quantitative estimate of drug-likeness (QED) is 0.733. The molecule has 0 radical (unpaired) electrons. The lowest BCUT2D eigenvalue weighted by molar-refractivity contribution is 0.0952. The zero-order valence-corrected chi connectivity index (χ0v) is 11.4. The molecule has 0 atom stereocenters. The van der Waals surface area contributed by atoms with Gasteiger partial charge in [0.1, 0.15) is 0 Å². The Hall–Kier alpha value is -1.17. The number of aromatic nitrogens is 2. The Labute approximate surface area is 106 Å². The minimum absolute atomic E-state index is 0.131. The molecule has 0 aliphatic heterocycles. The lowest BCUT2D eigenvalue weighted by Gasteiger charge is -2.04. The van der Waals surface area contributed by atoms with Gasteiger partial charge < -0.3 is 10.6 Å². The number of nitrogens with one attached hydrogen (secondary N) is 2. The van der Waals surface area contributed by atoms with Crippen molar-refractivity contribution in [3.8, 4) is 0 Å². The summed E-state index contributed by atoms with van der Waals surface area (Å²) in [6.45, 7) is 5.12. The summed E-state index contributed by atoms with van der Waals surface area (Å²) in [5.41, 5.74) is 0. The summed E-state index contributed by atoms with van der Waals surface area (Å²) in [5, 5.41) is 14.4. The van der Waals surface area contributed by atoms with E-state index in [9.17, 15) is 4.79 Å². The molecule has 0 bridgehead atoms. The van der Waals surface area contributed by atoms with Crippen molar-refractivity contribution in [2.75, 3.05) is 18.9 Å². The predicted octanol–water partition coefficient (Wildman–Crippen LogP) is 2.14. The molecule has 0 saturated carbocycles. The van der Waals surface area contributed by atoms with Gasteiger partial charge in [0, 0.05) is 13.6 Å². The number of unbranched alkanes of at least 4 members (excludes halogenated alkanes) is 1. The molecule has 96 valence electrons. The smallest absolute Gasteiger partial charge is 0.282 e. The lowest BCUT2D eigenvalue weighted by Crippen LogP contribution is -2.24. The van der Waals surface area contributed by atoms with Crippen LogP contribution in [-0.4, -0.2) is 29.7 Å². The summed E-state index contributed by atoms with van der Waals surface area (Å²) in [7, 11) is 1.76. The summed E-state index contributed by atoms with van der Waals surface area (Å²) in [4.78, 5) is 11.6. The summed E-state index contributed by atoms with van der Waals surface area (Å²) >= 11 is 1.26. The van der Waals surface area contributed by atoms with Gasteiger partial charge in [-0.05, 0) is 12.3 Å². The Morgan fingerprint density at radius 1 is 1.35 bits per heavy atom. The number of hydrogen-bond donors (Lipinski definition) is 2. The second-order valence-corrected chi connectivity index (χ2v) is 5.29. The van der Waals surface area contributed by atoms with Crippen LogP contribution >= 0.6 is 11.3 Å². The van der Waals surface area contributed by atoms with Crippen molar-refractivity contribution in [1.82, 2.24) is 15.5 Å². The van der Waals surface area contributed by atoms with E-state index in [0.29, 0.717) is 16.7 Å². The third-order valence-electron chi connectivity index (χ3n) is 2.33. The molecule has 0 saturated heterocycles. The minimum atomic E-state index is -0.131. The number of nitrogens with zero attached hydrogens (tertiary/aromatic N) is 2. The van der Waals surface area contributed by atoms with Crippen molar-refractivity contribution >= 4 is 22.4 Å². The van der Waals surface area contributed by atoms with E-state index in [-0.39, 0.29) is 5.91 Å². The molecule has 1 amide bonds. The number of carbonyl (C=O) groups is 1. The van der Waals surface area contributed by atoms with E-state index in [1.54, 1.807) is 7.05 Å². The Kier molecular flexibility index (Phi) is 5.90. The highest BCUT2D eigenvalue weighted by molar-refractivity contribution is 7.17. The largest absolute Gasteiger partial charge is 0.363 e. The van der Waals surface area contributed by atoms with E-state index < -0.39 is 0 Å². The van der Waals surface area contributed by atoms with Crippen LogP contribution in [0.1, 0.15) is 42.9 Å². The van der Waals surface area contributed by atoms with Gasteiger partial charge >= 0.3 is 0 Å². The van der Waals surface area contributed by atoms with Crippen LogP contribution in [0.25, 0.3) is 0 Å². The molecule has 0 aromatic carbocycles. The fourth-order valence-electron chi connectivity index (χ4n) is 1.37. The first-order valence-corrected chi connectivity index (χ1v) is 6.74. The molecule has 1 rings (SSSR count). The van der Waals surface area contributed by atoms with Gasteiger partial charge in [0.05, 0.1) is 0 Å². The fraction of sp³-hybridized carbons (Fsp3) is 0.727. The van der Waals surface area contributed by atoms with Gasteiger partial charge in [0.25, 0.3) is 5.91 Å². The first-order chi connectivity index (χ1) is 8.13. The molecule has 0 aliphatic carbocycles. The molecule has 0 spiro atoms. The molecule has 0 aliphatic rings. The number of anilines is 1. The maximum Gasteiger partial charge on any atom is 0.282 e. The number of carbonyl (C=O) groups excluding carboxylic acids is 1. The maximum absolute atomic E-state index is 11.6. The summed E-state index contributed by atoms with van der Waals surface area (Å²) in [6.07, 6.45) is 3.37. The Bertz CT molecular complexity index is 351. The maximum atomic E-state index is 11.6. The van der Waals surface area contributed by atoms with Crippen LogP contribution in [0.3, 0.4) is 0 Å². The normalized spacial score (nSPS) is 10.6. The molecule has 1 heterocycles. The number of hydrogen-bond acceptors (Lipinski definition) is 5. The van der Waals surface area contributed by atoms with Crippen LogP contribution in [0.15, 0.2) is 0 Å². The van der Waals surface area contributed by atoms with Crippen LogP contribution in [0.5, 0.6) is 0 Å². The van der Waals surface area contributed by atoms with E-state index >= 15 is 0 Å². The third-order valence-corrected chi connectivity index (χ3v) is 3.27. The Balaban J connectivity index is 2.21. The number of amides is 1. The highest BCUT2D eigenvalue weighted by atomic mass is 32.1. The van der Waals surface area contributed by atoms with Gasteiger partial charge in [-0.15, -0.1) is 10.2 Å². The topological polar surface area (TPSA) is 66.9 Å². The van der Waals surface area contributed by atoms with Gasteiger partial charge in [0.15, 0.2) is 0 Å². The average Bonchev–Trinajstić information content (AvgIpc) is 2.76. The summed E-state index contributed by atoms with van der Waals surface area (Å²) < 4.78 is 0. The van der Waals surface area contributed by atoms with Crippen molar-refractivity contribution in [2.45, 2.75) is 33.1 Å². The van der Waals surface area contributed by atoms with Gasteiger partial charge in [-0.2, -0.15) is 0 Å². The van der Waals surface area contributed by atoms with E-state index in [2.05, 4.69) is 34.7 Å². The molecule has 0 unspecified atom stereocenters. The predicted molar refractivity (Wildman–Crippen MR) is 70.5 cm³/mol. The molecule has 5 nitrogen and oxygen atoms in total. The highest BCUT2D eigenvalue weighted by Gasteiger charge is 2.11. The molecule has 6 heteroatoms. The first-order valence-electron chi connectivity index (χ1n) is 5.93. The van der Waals surface area contributed by atoms with E-state index in [1.807, 2.05) is 0 Å². The number of rotatable bonds is 7. The van der Waals surface area contributed by atoms with Crippen LogP contribution < -0.4 is 10.6 Å². The second kappa shape index (κ2) is 7.21. The molecule has 1 aromatic heterocycles. The van der Waals surface area contributed by atoms with Gasteiger partial charge in [-0.25, -0.2) is 0 Å². The SMILES string of the molecule is CNc1nnc(C(=O)NCCCCC(C)C)s1. The van der Waals surface area contributed by atoms with Crippen LogP contribution in [0.2, 0.25) is 0 Å². The van der Waals surface area contributed by atoms with Crippen LogP contribution in [-0.2, 0) is 0 Å². The van der Waals surface area contributed by atoms with Crippen LogP contribution in [0, 0.1) is 5.92 Å². The van der Waals surface area contributed by atoms with Gasteiger partial charge in [-0.3, -0.25) is 4.79 Å². The standard InChI is InChI=1S/C11H20N4OS/c1-8(2)6-4-5-7-13-9(16)10-14-15-11(12-3)17-10/h8H,4-7H2,1-3H3,(H,12,15)(H,13,16).